The van der Waals surface area contributed by atoms with Crippen LogP contribution in [0.25, 0.3) is 0 Å². The predicted molar refractivity (Wildman–Crippen MR) is 138 cm³/mol. The largest absolute Gasteiger partial charge is 0.362 e. The number of nitrogens with zero attached hydrogens (tertiary/aromatic N) is 1. The number of amides is 4. The number of rotatable bonds is 8. The van der Waals surface area contributed by atoms with Crippen LogP contribution in [0.4, 0.5) is 4.79 Å². The highest BCUT2D eigenvalue weighted by atomic mass is 16.5. The van der Waals surface area contributed by atoms with Crippen molar-refractivity contribution >= 4 is 29.4 Å². The van der Waals surface area contributed by atoms with Crippen molar-refractivity contribution in [2.24, 2.45) is 22.7 Å². The number of Topliss-reactive ketones (excluding diaryl/α,β-unsaturated/α-hetero) is 2. The zero-order chi connectivity index (χ0) is 26.6. The van der Waals surface area contributed by atoms with E-state index >= 15 is 0 Å². The first-order valence-corrected chi connectivity index (χ1v) is 12.6. The standard InChI is InChI=1S/C26H43N3O6.CH4/c1-16(30)18-10-8-9-17(11-18)12-19(31)23(26(5,6)7)28-24(34)27-20(25(2,3)4)13-29-21(32)14-35-15-22(29)33;/h17-18,20,23H,8-15H2,1-7H3,(H2,27,28,34);1H4/t17?,18-,20-,23-;/m1./s1. The molecule has 9 heteroatoms. The summed E-state index contributed by atoms with van der Waals surface area (Å²) in [5.74, 6) is -0.580. The smallest absolute Gasteiger partial charge is 0.315 e. The Morgan fingerprint density at radius 1 is 0.972 bits per heavy atom. The van der Waals surface area contributed by atoms with Crippen molar-refractivity contribution in [3.05, 3.63) is 0 Å². The van der Waals surface area contributed by atoms with Crippen LogP contribution in [-0.4, -0.2) is 66.2 Å². The first-order chi connectivity index (χ1) is 16.1. The molecule has 1 unspecified atom stereocenters. The van der Waals surface area contributed by atoms with Crippen molar-refractivity contribution in [1.82, 2.24) is 15.5 Å². The van der Waals surface area contributed by atoms with Crippen molar-refractivity contribution in [2.45, 2.75) is 100 Å². The molecule has 1 saturated heterocycles. The molecule has 1 heterocycles. The number of hydrogen-bond acceptors (Lipinski definition) is 6. The first-order valence-electron chi connectivity index (χ1n) is 12.6. The Hall–Kier alpha value is -2.29. The lowest BCUT2D eigenvalue weighted by atomic mass is 9.75. The lowest BCUT2D eigenvalue weighted by molar-refractivity contribution is -0.159. The molecule has 0 aromatic rings. The lowest BCUT2D eigenvalue weighted by Crippen LogP contribution is -2.60. The fourth-order valence-corrected chi connectivity index (χ4v) is 4.80. The summed E-state index contributed by atoms with van der Waals surface area (Å²) < 4.78 is 4.97. The summed E-state index contributed by atoms with van der Waals surface area (Å²) in [5.41, 5.74) is -0.975. The highest BCUT2D eigenvalue weighted by Crippen LogP contribution is 2.33. The van der Waals surface area contributed by atoms with E-state index in [1.54, 1.807) is 6.92 Å². The quantitative estimate of drug-likeness (QED) is 0.483. The third kappa shape index (κ3) is 8.98. The van der Waals surface area contributed by atoms with Gasteiger partial charge in [0.1, 0.15) is 19.0 Å². The Kier molecular flexibility index (Phi) is 11.3. The van der Waals surface area contributed by atoms with Crippen molar-refractivity contribution < 1.29 is 28.7 Å². The van der Waals surface area contributed by atoms with Crippen molar-refractivity contribution in [2.75, 3.05) is 19.8 Å². The minimum Gasteiger partial charge on any atom is -0.362 e. The average Bonchev–Trinajstić information content (AvgIpc) is 2.72. The predicted octanol–water partition coefficient (Wildman–Crippen LogP) is 3.49. The van der Waals surface area contributed by atoms with E-state index in [1.807, 2.05) is 41.5 Å². The zero-order valence-electron chi connectivity index (χ0n) is 22.4. The Morgan fingerprint density at radius 3 is 2.06 bits per heavy atom. The summed E-state index contributed by atoms with van der Waals surface area (Å²) in [4.78, 5) is 63.7. The van der Waals surface area contributed by atoms with E-state index in [2.05, 4.69) is 10.6 Å². The van der Waals surface area contributed by atoms with Crippen LogP contribution in [0.2, 0.25) is 0 Å². The van der Waals surface area contributed by atoms with Crippen LogP contribution in [0.3, 0.4) is 0 Å². The molecular weight excluding hydrogens is 462 g/mol. The SMILES string of the molecule is C.CC(=O)[C@@H]1CCCC(CC(=O)[C@@H](NC(=O)N[C@H](CN2C(=O)COCC2=O)C(C)(C)C)C(C)(C)C)C1. The third-order valence-corrected chi connectivity index (χ3v) is 7.08. The highest BCUT2D eigenvalue weighted by molar-refractivity contribution is 5.98. The Labute approximate surface area is 216 Å². The summed E-state index contributed by atoms with van der Waals surface area (Å²) in [6.07, 6.45) is 3.77. The fourth-order valence-electron chi connectivity index (χ4n) is 4.80. The highest BCUT2D eigenvalue weighted by Gasteiger charge is 2.38. The second-order valence-corrected chi connectivity index (χ2v) is 12.2. The molecule has 206 valence electrons. The van der Waals surface area contributed by atoms with Gasteiger partial charge in [0.25, 0.3) is 11.8 Å². The van der Waals surface area contributed by atoms with Crippen LogP contribution in [0.15, 0.2) is 0 Å². The maximum absolute atomic E-state index is 13.3. The van der Waals surface area contributed by atoms with Crippen LogP contribution in [0.5, 0.6) is 0 Å². The Balaban J connectivity index is 0.00000648. The van der Waals surface area contributed by atoms with E-state index < -0.39 is 40.8 Å². The molecule has 0 radical (unpaired) electrons. The molecule has 0 spiro atoms. The second-order valence-electron chi connectivity index (χ2n) is 12.2. The van der Waals surface area contributed by atoms with Crippen molar-refractivity contribution in [3.63, 3.8) is 0 Å². The summed E-state index contributed by atoms with van der Waals surface area (Å²) >= 11 is 0. The molecule has 0 aromatic heterocycles. The molecule has 36 heavy (non-hydrogen) atoms. The van der Waals surface area contributed by atoms with Gasteiger partial charge in [-0.1, -0.05) is 55.4 Å². The molecule has 0 aromatic carbocycles. The van der Waals surface area contributed by atoms with Gasteiger partial charge in [0.05, 0.1) is 12.1 Å². The Morgan fingerprint density at radius 2 is 1.56 bits per heavy atom. The molecule has 9 nitrogen and oxygen atoms in total. The number of nitrogens with one attached hydrogen (secondary N) is 2. The van der Waals surface area contributed by atoms with Gasteiger partial charge in [0.15, 0.2) is 5.78 Å². The maximum atomic E-state index is 13.3. The molecule has 2 aliphatic rings. The minimum absolute atomic E-state index is 0. The second kappa shape index (κ2) is 12.8. The summed E-state index contributed by atoms with van der Waals surface area (Å²) in [5, 5.41) is 5.76. The molecule has 0 bridgehead atoms. The summed E-state index contributed by atoms with van der Waals surface area (Å²) in [6, 6.07) is -1.76. The summed E-state index contributed by atoms with van der Waals surface area (Å²) in [6.45, 7) is 12.8. The van der Waals surface area contributed by atoms with E-state index in [1.165, 1.54) is 0 Å². The molecule has 1 saturated carbocycles. The van der Waals surface area contributed by atoms with E-state index in [4.69, 9.17) is 4.74 Å². The van der Waals surface area contributed by atoms with Gasteiger partial charge in [-0.15, -0.1) is 0 Å². The number of ether oxygens (including phenoxy) is 1. The van der Waals surface area contributed by atoms with Gasteiger partial charge in [0, 0.05) is 18.9 Å². The van der Waals surface area contributed by atoms with Gasteiger partial charge in [-0.3, -0.25) is 24.1 Å². The Bertz CT molecular complexity index is 810. The van der Waals surface area contributed by atoms with Crippen LogP contribution >= 0.6 is 0 Å². The number of morpholine rings is 1. The van der Waals surface area contributed by atoms with Crippen LogP contribution in [0, 0.1) is 22.7 Å². The third-order valence-electron chi connectivity index (χ3n) is 7.08. The molecule has 1 aliphatic heterocycles. The number of carbonyl (C=O) groups excluding carboxylic acids is 5. The maximum Gasteiger partial charge on any atom is 0.315 e. The van der Waals surface area contributed by atoms with E-state index in [0.29, 0.717) is 6.42 Å². The van der Waals surface area contributed by atoms with E-state index in [9.17, 15) is 24.0 Å². The van der Waals surface area contributed by atoms with Crippen LogP contribution < -0.4 is 10.6 Å². The molecule has 1 aliphatic carbocycles. The van der Waals surface area contributed by atoms with E-state index in [0.717, 1.165) is 30.6 Å². The molecule has 2 N–H and O–H groups in total. The number of ketones is 2. The number of urea groups is 1. The minimum atomic E-state index is -0.715. The fraction of sp³-hybridized carbons (Fsp3) is 0.815. The number of hydrogen-bond donors (Lipinski definition) is 2. The zero-order valence-corrected chi connectivity index (χ0v) is 22.4. The van der Waals surface area contributed by atoms with E-state index in [-0.39, 0.29) is 50.6 Å². The first kappa shape index (κ1) is 31.7. The van der Waals surface area contributed by atoms with Crippen molar-refractivity contribution in [3.8, 4) is 0 Å². The van der Waals surface area contributed by atoms with Gasteiger partial charge < -0.3 is 15.4 Å². The normalized spacial score (nSPS) is 22.8. The lowest BCUT2D eigenvalue weighted by Gasteiger charge is -2.37. The number of carbonyl (C=O) groups is 5. The van der Waals surface area contributed by atoms with Crippen LogP contribution in [-0.2, 0) is 23.9 Å². The number of imide groups is 1. The van der Waals surface area contributed by atoms with Crippen molar-refractivity contribution in [1.29, 1.82) is 0 Å². The average molecular weight is 510 g/mol. The summed E-state index contributed by atoms with van der Waals surface area (Å²) in [7, 11) is 0. The van der Waals surface area contributed by atoms with Gasteiger partial charge in [-0.2, -0.15) is 0 Å². The monoisotopic (exact) mass is 509 g/mol. The molecular formula is C27H47N3O6. The molecule has 4 atom stereocenters. The van der Waals surface area contributed by atoms with Gasteiger partial charge in [0.2, 0.25) is 0 Å². The molecule has 2 rings (SSSR count). The van der Waals surface area contributed by atoms with Gasteiger partial charge >= 0.3 is 6.03 Å². The van der Waals surface area contributed by atoms with Crippen LogP contribution in [0.1, 0.15) is 88.0 Å². The molecule has 2 fully saturated rings. The van der Waals surface area contributed by atoms with Gasteiger partial charge in [-0.05, 0) is 42.9 Å². The molecule has 4 amide bonds. The van der Waals surface area contributed by atoms with Gasteiger partial charge in [-0.25, -0.2) is 4.79 Å². The topological polar surface area (TPSA) is 122 Å².